The molecule has 0 aliphatic carbocycles. The number of hydrogen-bond acceptors (Lipinski definition) is 2. The maximum absolute atomic E-state index is 6.05. The summed E-state index contributed by atoms with van der Waals surface area (Å²) in [5, 5.41) is 2.78. The van der Waals surface area contributed by atoms with Crippen molar-refractivity contribution in [3.8, 4) is 16.2 Å². The Kier molecular flexibility index (Phi) is 4.05. The highest BCUT2D eigenvalue weighted by Crippen LogP contribution is 2.36. The highest BCUT2D eigenvalue weighted by Gasteiger charge is 2.08. The first kappa shape index (κ1) is 13.2. The van der Waals surface area contributed by atoms with Crippen LogP contribution in [0.5, 0.6) is 5.75 Å². The monoisotopic (exact) mass is 300 g/mol. The van der Waals surface area contributed by atoms with Gasteiger partial charge in [-0.2, -0.15) is 0 Å². The molecule has 0 unspecified atom stereocenters. The van der Waals surface area contributed by atoms with E-state index in [0.717, 1.165) is 26.8 Å². The van der Waals surface area contributed by atoms with Gasteiger partial charge in [-0.25, -0.2) is 0 Å². The van der Waals surface area contributed by atoms with E-state index in [1.165, 1.54) is 0 Å². The standard InChI is InChI=1S/C17H13ClOS/c18-15-8-4-7-14(11-15)17-16(9-10-20-17)19-12-13-5-2-1-3-6-13/h1-11H,12H2. The van der Waals surface area contributed by atoms with Crippen molar-refractivity contribution in [3.05, 3.63) is 76.6 Å². The number of ether oxygens (including phenoxy) is 1. The van der Waals surface area contributed by atoms with E-state index in [9.17, 15) is 0 Å². The minimum Gasteiger partial charge on any atom is -0.487 e. The van der Waals surface area contributed by atoms with Crippen LogP contribution in [-0.4, -0.2) is 0 Å². The van der Waals surface area contributed by atoms with Crippen molar-refractivity contribution >= 4 is 22.9 Å². The van der Waals surface area contributed by atoms with Gasteiger partial charge in [0.15, 0.2) is 0 Å². The zero-order valence-corrected chi connectivity index (χ0v) is 12.3. The van der Waals surface area contributed by atoms with Crippen molar-refractivity contribution in [2.24, 2.45) is 0 Å². The number of rotatable bonds is 4. The molecule has 0 saturated heterocycles. The molecule has 0 saturated carbocycles. The summed E-state index contributed by atoms with van der Waals surface area (Å²) < 4.78 is 5.92. The molecule has 1 nitrogen and oxygen atoms in total. The quantitative estimate of drug-likeness (QED) is 0.605. The molecule has 0 radical (unpaired) electrons. The Balaban J connectivity index is 1.80. The van der Waals surface area contributed by atoms with Crippen LogP contribution in [0.25, 0.3) is 10.4 Å². The molecular weight excluding hydrogens is 288 g/mol. The lowest BCUT2D eigenvalue weighted by molar-refractivity contribution is 0.309. The van der Waals surface area contributed by atoms with E-state index in [4.69, 9.17) is 16.3 Å². The predicted octanol–water partition coefficient (Wildman–Crippen LogP) is 5.65. The largest absolute Gasteiger partial charge is 0.487 e. The fourth-order valence-corrected chi connectivity index (χ4v) is 3.01. The Hall–Kier alpha value is -1.77. The third-order valence-electron chi connectivity index (χ3n) is 2.95. The van der Waals surface area contributed by atoms with E-state index in [0.29, 0.717) is 6.61 Å². The molecule has 3 aromatic rings. The third-order valence-corrected chi connectivity index (χ3v) is 4.13. The molecule has 3 rings (SSSR count). The molecule has 0 atom stereocenters. The SMILES string of the molecule is Clc1cccc(-c2sccc2OCc2ccccc2)c1. The molecule has 2 aromatic carbocycles. The predicted molar refractivity (Wildman–Crippen MR) is 85.5 cm³/mol. The van der Waals surface area contributed by atoms with Gasteiger partial charge in [-0.3, -0.25) is 0 Å². The fraction of sp³-hybridized carbons (Fsp3) is 0.0588. The van der Waals surface area contributed by atoms with Crippen molar-refractivity contribution in [1.82, 2.24) is 0 Å². The minimum atomic E-state index is 0.575. The van der Waals surface area contributed by atoms with Crippen LogP contribution < -0.4 is 4.74 Å². The lowest BCUT2D eigenvalue weighted by Gasteiger charge is -2.07. The second kappa shape index (κ2) is 6.12. The summed E-state index contributed by atoms with van der Waals surface area (Å²) in [5.41, 5.74) is 2.26. The summed E-state index contributed by atoms with van der Waals surface area (Å²) in [4.78, 5) is 1.11. The van der Waals surface area contributed by atoms with Crippen LogP contribution in [0.2, 0.25) is 5.02 Å². The number of halogens is 1. The second-order valence-corrected chi connectivity index (χ2v) is 5.75. The average molecular weight is 301 g/mol. The van der Waals surface area contributed by atoms with Crippen molar-refractivity contribution < 1.29 is 4.74 Å². The van der Waals surface area contributed by atoms with Crippen molar-refractivity contribution in [2.75, 3.05) is 0 Å². The van der Waals surface area contributed by atoms with Gasteiger partial charge < -0.3 is 4.74 Å². The average Bonchev–Trinajstić information content (AvgIpc) is 2.95. The minimum absolute atomic E-state index is 0.575. The Morgan fingerprint density at radius 3 is 2.60 bits per heavy atom. The zero-order valence-electron chi connectivity index (χ0n) is 10.8. The molecule has 20 heavy (non-hydrogen) atoms. The Morgan fingerprint density at radius 2 is 1.80 bits per heavy atom. The maximum atomic E-state index is 6.05. The summed E-state index contributed by atoms with van der Waals surface area (Å²) >= 11 is 7.71. The van der Waals surface area contributed by atoms with Gasteiger partial charge in [-0.1, -0.05) is 54.1 Å². The van der Waals surface area contributed by atoms with Crippen molar-refractivity contribution in [3.63, 3.8) is 0 Å². The first-order valence-electron chi connectivity index (χ1n) is 6.33. The lowest BCUT2D eigenvalue weighted by Crippen LogP contribution is -1.94. The summed E-state index contributed by atoms with van der Waals surface area (Å²) in [6, 6.07) is 20.0. The van der Waals surface area contributed by atoms with Crippen LogP contribution >= 0.6 is 22.9 Å². The van der Waals surface area contributed by atoms with Crippen LogP contribution in [0, 0.1) is 0 Å². The number of benzene rings is 2. The van der Waals surface area contributed by atoms with Gasteiger partial charge in [0.2, 0.25) is 0 Å². The van der Waals surface area contributed by atoms with Crippen LogP contribution in [0.4, 0.5) is 0 Å². The third kappa shape index (κ3) is 3.03. The van der Waals surface area contributed by atoms with E-state index in [2.05, 4.69) is 12.1 Å². The fourth-order valence-electron chi connectivity index (χ4n) is 1.99. The second-order valence-electron chi connectivity index (χ2n) is 4.40. The van der Waals surface area contributed by atoms with E-state index in [-0.39, 0.29) is 0 Å². The van der Waals surface area contributed by atoms with E-state index in [1.807, 2.05) is 53.9 Å². The molecule has 3 heteroatoms. The van der Waals surface area contributed by atoms with Gasteiger partial charge in [0.1, 0.15) is 12.4 Å². The number of thiophene rings is 1. The lowest BCUT2D eigenvalue weighted by atomic mass is 10.2. The molecule has 0 aliphatic rings. The molecule has 0 bridgehead atoms. The molecule has 0 amide bonds. The summed E-state index contributed by atoms with van der Waals surface area (Å²) in [5.74, 6) is 0.904. The Labute approximate surface area is 127 Å². The first-order chi connectivity index (χ1) is 9.83. The van der Waals surface area contributed by atoms with Gasteiger partial charge in [0.05, 0.1) is 4.88 Å². The van der Waals surface area contributed by atoms with Gasteiger partial charge >= 0.3 is 0 Å². The Morgan fingerprint density at radius 1 is 0.950 bits per heavy atom. The van der Waals surface area contributed by atoms with Crippen LogP contribution in [0.3, 0.4) is 0 Å². The van der Waals surface area contributed by atoms with Crippen LogP contribution in [0.15, 0.2) is 66.0 Å². The smallest absolute Gasteiger partial charge is 0.138 e. The summed E-state index contributed by atoms with van der Waals surface area (Å²) in [6.45, 7) is 0.575. The normalized spacial score (nSPS) is 10.4. The van der Waals surface area contributed by atoms with Gasteiger partial charge in [-0.15, -0.1) is 11.3 Å². The Bertz CT molecular complexity index is 691. The van der Waals surface area contributed by atoms with E-state index < -0.39 is 0 Å². The first-order valence-corrected chi connectivity index (χ1v) is 7.59. The topological polar surface area (TPSA) is 9.23 Å². The maximum Gasteiger partial charge on any atom is 0.138 e. The van der Waals surface area contributed by atoms with Gasteiger partial charge in [-0.05, 0) is 34.7 Å². The molecular formula is C17H13ClOS. The van der Waals surface area contributed by atoms with E-state index in [1.54, 1.807) is 11.3 Å². The zero-order chi connectivity index (χ0) is 13.8. The highest BCUT2D eigenvalue weighted by atomic mass is 35.5. The van der Waals surface area contributed by atoms with Gasteiger partial charge in [0, 0.05) is 5.02 Å². The number of hydrogen-bond donors (Lipinski definition) is 0. The van der Waals surface area contributed by atoms with E-state index >= 15 is 0 Å². The molecule has 0 spiro atoms. The van der Waals surface area contributed by atoms with Crippen LogP contribution in [-0.2, 0) is 6.61 Å². The van der Waals surface area contributed by atoms with Crippen molar-refractivity contribution in [2.45, 2.75) is 6.61 Å². The molecule has 1 heterocycles. The molecule has 1 aromatic heterocycles. The van der Waals surface area contributed by atoms with Gasteiger partial charge in [0.25, 0.3) is 0 Å². The molecule has 0 N–H and O–H groups in total. The highest BCUT2D eigenvalue weighted by molar-refractivity contribution is 7.14. The molecule has 0 fully saturated rings. The summed E-state index contributed by atoms with van der Waals surface area (Å²) in [7, 11) is 0. The molecule has 0 aliphatic heterocycles. The van der Waals surface area contributed by atoms with Crippen LogP contribution in [0.1, 0.15) is 5.56 Å². The summed E-state index contributed by atoms with van der Waals surface area (Å²) in [6.07, 6.45) is 0. The molecule has 100 valence electrons. The van der Waals surface area contributed by atoms with Crippen molar-refractivity contribution in [1.29, 1.82) is 0 Å².